The Labute approximate surface area is 87.3 Å². The summed E-state index contributed by atoms with van der Waals surface area (Å²) in [5.41, 5.74) is 0. The molecule has 0 aliphatic rings. The highest BCUT2D eigenvalue weighted by Crippen LogP contribution is 2.07. The lowest BCUT2D eigenvalue weighted by Gasteiger charge is -2.08. The van der Waals surface area contributed by atoms with Crippen LogP contribution in [0.15, 0.2) is 0 Å². The first-order chi connectivity index (χ1) is 6.56. The molecule has 0 saturated carbocycles. The summed E-state index contributed by atoms with van der Waals surface area (Å²) >= 11 is 0. The summed E-state index contributed by atoms with van der Waals surface area (Å²) in [6.45, 7) is 4.24. The third-order valence-corrected chi connectivity index (χ3v) is 3.07. The van der Waals surface area contributed by atoms with Gasteiger partial charge in [0.1, 0.15) is 0 Å². The third-order valence-electron chi connectivity index (χ3n) is 2.04. The van der Waals surface area contributed by atoms with E-state index in [-0.39, 0.29) is 6.04 Å². The van der Waals surface area contributed by atoms with E-state index in [1.807, 2.05) is 0 Å². The maximum atomic E-state index is 8.73. The van der Waals surface area contributed by atoms with Crippen LogP contribution in [0.3, 0.4) is 0 Å². The minimum absolute atomic E-state index is 0.176. The molecule has 0 aromatic heterocycles. The highest BCUT2D eigenvalue weighted by molar-refractivity contribution is 6.56. The lowest BCUT2D eigenvalue weighted by Crippen LogP contribution is -2.33. The van der Waals surface area contributed by atoms with E-state index in [2.05, 4.69) is 12.2 Å². The molecule has 0 amide bonds. The van der Waals surface area contributed by atoms with E-state index < -0.39 is 8.80 Å². The van der Waals surface area contributed by atoms with Crippen molar-refractivity contribution in [3.05, 3.63) is 0 Å². The van der Waals surface area contributed by atoms with Crippen LogP contribution in [0.2, 0.25) is 6.04 Å². The van der Waals surface area contributed by atoms with Crippen molar-refractivity contribution in [2.24, 2.45) is 0 Å². The Balaban J connectivity index is 2.99. The summed E-state index contributed by atoms with van der Waals surface area (Å²) in [6.07, 6.45) is 5.04. The second kappa shape index (κ2) is 8.37. The average Bonchev–Trinajstić information content (AvgIpc) is 2.08. The van der Waals surface area contributed by atoms with E-state index in [1.54, 1.807) is 0 Å². The fraction of sp³-hybridized carbons (Fsp3) is 1.00. The largest absolute Gasteiger partial charge is 0.492 e. The molecule has 4 N–H and O–H groups in total. The van der Waals surface area contributed by atoms with E-state index in [9.17, 15) is 0 Å². The molecule has 0 radical (unpaired) electrons. The number of hydrogen-bond acceptors (Lipinski definition) is 4. The van der Waals surface area contributed by atoms with Gasteiger partial charge in [0.2, 0.25) is 0 Å². The van der Waals surface area contributed by atoms with Crippen LogP contribution in [0.25, 0.3) is 0 Å². The van der Waals surface area contributed by atoms with Crippen molar-refractivity contribution in [1.29, 1.82) is 0 Å². The maximum Gasteiger partial charge on any atom is 0.492 e. The van der Waals surface area contributed by atoms with Crippen LogP contribution < -0.4 is 5.32 Å². The van der Waals surface area contributed by atoms with Crippen molar-refractivity contribution in [1.82, 2.24) is 5.32 Å². The fourth-order valence-corrected chi connectivity index (χ4v) is 1.99. The van der Waals surface area contributed by atoms with Gasteiger partial charge in [-0.3, -0.25) is 0 Å². The van der Waals surface area contributed by atoms with E-state index in [4.69, 9.17) is 14.4 Å². The molecule has 0 spiro atoms. The molecule has 0 heterocycles. The first kappa shape index (κ1) is 14.1. The second-order valence-corrected chi connectivity index (χ2v) is 5.74. The summed E-state index contributed by atoms with van der Waals surface area (Å²) in [7, 11) is -3.75. The lowest BCUT2D eigenvalue weighted by molar-refractivity contribution is 0.226. The van der Waals surface area contributed by atoms with Crippen molar-refractivity contribution >= 4 is 8.80 Å². The van der Waals surface area contributed by atoms with E-state index >= 15 is 0 Å². The van der Waals surface area contributed by atoms with Crippen LogP contribution in [-0.4, -0.2) is 36.3 Å². The minimum Gasteiger partial charge on any atom is -0.390 e. The molecule has 0 saturated heterocycles. The standard InChI is InChI=1S/C9H23NO3Si/c1-2-7-10-8-5-3-4-6-9-14(11,12)13/h10-13H,2-9H2,1H3. The molecule has 0 aliphatic heterocycles. The van der Waals surface area contributed by atoms with Gasteiger partial charge >= 0.3 is 8.80 Å². The minimum atomic E-state index is -3.75. The van der Waals surface area contributed by atoms with E-state index in [0.717, 1.165) is 38.8 Å². The molecule has 0 fully saturated rings. The Kier molecular flexibility index (Phi) is 8.41. The quantitative estimate of drug-likeness (QED) is 0.337. The zero-order valence-corrected chi connectivity index (χ0v) is 10.00. The van der Waals surface area contributed by atoms with Crippen LogP contribution in [0.4, 0.5) is 0 Å². The lowest BCUT2D eigenvalue weighted by atomic mass is 10.2. The average molecular weight is 221 g/mol. The van der Waals surface area contributed by atoms with Gasteiger partial charge in [0.05, 0.1) is 0 Å². The van der Waals surface area contributed by atoms with Gasteiger partial charge in [0, 0.05) is 6.04 Å². The second-order valence-electron chi connectivity index (χ2n) is 3.69. The van der Waals surface area contributed by atoms with Crippen LogP contribution in [0, 0.1) is 0 Å². The van der Waals surface area contributed by atoms with Gasteiger partial charge in [0.25, 0.3) is 0 Å². The summed E-state index contributed by atoms with van der Waals surface area (Å²) in [4.78, 5) is 26.2. The van der Waals surface area contributed by atoms with Gasteiger partial charge in [-0.05, 0) is 32.4 Å². The number of hydrogen-bond donors (Lipinski definition) is 4. The normalized spacial score (nSPS) is 12.0. The molecule has 0 bridgehead atoms. The molecule has 0 unspecified atom stereocenters. The van der Waals surface area contributed by atoms with Crippen LogP contribution in [-0.2, 0) is 0 Å². The predicted octanol–water partition coefficient (Wildman–Crippen LogP) is 0.462. The number of nitrogens with one attached hydrogen (secondary N) is 1. The first-order valence-electron chi connectivity index (χ1n) is 5.44. The van der Waals surface area contributed by atoms with Gasteiger partial charge in [0.15, 0.2) is 0 Å². The van der Waals surface area contributed by atoms with Gasteiger partial charge in [-0.25, -0.2) is 0 Å². The summed E-state index contributed by atoms with van der Waals surface area (Å²) in [5.74, 6) is 0. The van der Waals surface area contributed by atoms with E-state index in [0.29, 0.717) is 6.42 Å². The van der Waals surface area contributed by atoms with Crippen LogP contribution >= 0.6 is 0 Å². The first-order valence-corrected chi connectivity index (χ1v) is 7.49. The van der Waals surface area contributed by atoms with Crippen LogP contribution in [0.5, 0.6) is 0 Å². The van der Waals surface area contributed by atoms with Crippen molar-refractivity contribution in [2.45, 2.75) is 45.1 Å². The molecule has 0 atom stereocenters. The van der Waals surface area contributed by atoms with Crippen molar-refractivity contribution in [3.63, 3.8) is 0 Å². The Morgan fingerprint density at radius 2 is 1.57 bits per heavy atom. The summed E-state index contributed by atoms with van der Waals surface area (Å²) in [6, 6.07) is 0.176. The van der Waals surface area contributed by atoms with Crippen LogP contribution in [0.1, 0.15) is 39.0 Å². The Morgan fingerprint density at radius 1 is 0.929 bits per heavy atom. The summed E-state index contributed by atoms with van der Waals surface area (Å²) < 4.78 is 0. The SMILES string of the molecule is CCCNCCCCCC[Si](O)(O)O. The molecule has 0 rings (SSSR count). The molecule has 14 heavy (non-hydrogen) atoms. The van der Waals surface area contributed by atoms with Gasteiger partial charge in [-0.2, -0.15) is 0 Å². The Bertz CT molecular complexity index is 128. The number of rotatable bonds is 9. The van der Waals surface area contributed by atoms with E-state index in [1.165, 1.54) is 0 Å². The third kappa shape index (κ3) is 12.1. The zero-order valence-electron chi connectivity index (χ0n) is 9.00. The molecule has 0 aromatic rings. The van der Waals surface area contributed by atoms with Crippen molar-refractivity contribution < 1.29 is 14.4 Å². The molecule has 5 heteroatoms. The van der Waals surface area contributed by atoms with Crippen molar-refractivity contribution in [2.75, 3.05) is 13.1 Å². The maximum absolute atomic E-state index is 8.73. The molecule has 0 aromatic carbocycles. The topological polar surface area (TPSA) is 72.7 Å². The fourth-order valence-electron chi connectivity index (χ4n) is 1.27. The Morgan fingerprint density at radius 3 is 2.14 bits per heavy atom. The number of unbranched alkanes of at least 4 members (excludes halogenated alkanes) is 3. The molecule has 86 valence electrons. The smallest absolute Gasteiger partial charge is 0.390 e. The van der Waals surface area contributed by atoms with Gasteiger partial charge in [-0.1, -0.05) is 19.8 Å². The summed E-state index contributed by atoms with van der Waals surface area (Å²) in [5, 5.41) is 3.30. The van der Waals surface area contributed by atoms with Crippen molar-refractivity contribution in [3.8, 4) is 0 Å². The molecular formula is C9H23NO3Si. The molecule has 0 aliphatic carbocycles. The zero-order chi connectivity index (χ0) is 10.9. The molecular weight excluding hydrogens is 198 g/mol. The monoisotopic (exact) mass is 221 g/mol. The van der Waals surface area contributed by atoms with Gasteiger partial charge in [-0.15, -0.1) is 0 Å². The predicted molar refractivity (Wildman–Crippen MR) is 58.8 cm³/mol. The molecule has 4 nitrogen and oxygen atoms in total. The highest BCUT2D eigenvalue weighted by atomic mass is 28.4. The Hall–Kier alpha value is 0.0569. The highest BCUT2D eigenvalue weighted by Gasteiger charge is 2.25. The van der Waals surface area contributed by atoms with Gasteiger partial charge < -0.3 is 19.7 Å².